The number of halogens is 1. The highest BCUT2D eigenvalue weighted by Crippen LogP contribution is 2.31. The van der Waals surface area contributed by atoms with E-state index in [2.05, 4.69) is 29.8 Å². The number of rotatable bonds is 21. The van der Waals surface area contributed by atoms with E-state index < -0.39 is 0 Å². The normalized spacial score (nSPS) is 11.7. The van der Waals surface area contributed by atoms with Crippen LogP contribution in [0.2, 0.25) is 6.32 Å². The predicted octanol–water partition coefficient (Wildman–Crippen LogP) is 9.06. The summed E-state index contributed by atoms with van der Waals surface area (Å²) in [5.74, 6) is 2.15. The fraction of sp³-hybridized carbons (Fsp3) is 0.969. The van der Waals surface area contributed by atoms with E-state index in [4.69, 9.17) is 19.4 Å². The van der Waals surface area contributed by atoms with Crippen molar-refractivity contribution in [2.75, 3.05) is 38.6 Å². The summed E-state index contributed by atoms with van der Waals surface area (Å²) in [7, 11) is 4.85. The first-order valence-electron chi connectivity index (χ1n) is 16.6. The summed E-state index contributed by atoms with van der Waals surface area (Å²) >= 11 is 5.58. The lowest BCUT2D eigenvalue weighted by Gasteiger charge is -2.24. The van der Waals surface area contributed by atoms with Crippen LogP contribution in [-0.4, -0.2) is 52.4 Å². The molecule has 38 heavy (non-hydrogen) atoms. The monoisotopic (exact) mass is 560 g/mol. The maximum atomic E-state index is 11.6. The lowest BCUT2D eigenvalue weighted by atomic mass is 9.82. The molecule has 1 aliphatic rings. The van der Waals surface area contributed by atoms with Gasteiger partial charge in [-0.3, -0.25) is 4.79 Å². The molecule has 0 atom stereocenters. The van der Waals surface area contributed by atoms with Crippen molar-refractivity contribution in [1.29, 1.82) is 0 Å². The molecule has 1 saturated carbocycles. The van der Waals surface area contributed by atoms with Crippen molar-refractivity contribution in [3.63, 3.8) is 0 Å². The van der Waals surface area contributed by atoms with Crippen LogP contribution in [0.4, 0.5) is 0 Å². The van der Waals surface area contributed by atoms with Gasteiger partial charge in [0, 0.05) is 31.9 Å². The molecule has 3 N–H and O–H groups in total. The van der Waals surface area contributed by atoms with Gasteiger partial charge in [0.15, 0.2) is 0 Å². The molecule has 0 unspecified atom stereocenters. The molecular formula is C32H71BClN3O. The molecule has 230 valence electrons. The summed E-state index contributed by atoms with van der Waals surface area (Å²) in [5.41, 5.74) is 0. The van der Waals surface area contributed by atoms with E-state index in [0.717, 1.165) is 63.7 Å². The summed E-state index contributed by atoms with van der Waals surface area (Å²) in [6.07, 6.45) is 21.1. The zero-order chi connectivity index (χ0) is 29.5. The molecule has 4 nitrogen and oxygen atoms in total. The largest absolute Gasteiger partial charge is 0.356 e. The lowest BCUT2D eigenvalue weighted by molar-refractivity contribution is -0.121. The van der Waals surface area contributed by atoms with E-state index in [1.165, 1.54) is 83.5 Å². The van der Waals surface area contributed by atoms with Crippen LogP contribution in [0.1, 0.15) is 151 Å². The highest BCUT2D eigenvalue weighted by molar-refractivity contribution is 6.17. The first kappa shape index (κ1) is 44.8. The molecule has 0 aromatic rings. The quantitative estimate of drug-likeness (QED) is 0.0746. The maximum Gasteiger partial charge on any atom is 0.220 e. The number of nitrogens with one attached hydrogen (secondary N) is 3. The van der Waals surface area contributed by atoms with Crippen molar-refractivity contribution >= 4 is 25.4 Å². The standard InChI is InChI=1S/C16H35N3O.C10H19Cl.C2H5B.2C2H6/c1-3-5-6-7-8-13-19-16(20)10-9-12-18-15-14-17-11-4-2;11-9-4-2-1-3-6-10-7-5-8-10;1-2-3;2*1-2/h17-18H,3-15H2,1-2H3,(H,19,20);10H,1-9H2;2H2,1H3;2*1-2H3. The second-order valence-electron chi connectivity index (χ2n) is 9.46. The highest BCUT2D eigenvalue weighted by atomic mass is 35.5. The Kier molecular flexibility index (Phi) is 54.9. The number of hydrogen-bond donors (Lipinski definition) is 3. The number of unbranched alkanes of at least 4 members (excludes halogenated alkanes) is 7. The summed E-state index contributed by atoms with van der Waals surface area (Å²) in [6.45, 7) is 19.1. The highest BCUT2D eigenvalue weighted by Gasteiger charge is 2.15. The molecule has 1 rings (SSSR count). The first-order chi connectivity index (χ1) is 18.7. The van der Waals surface area contributed by atoms with E-state index in [9.17, 15) is 4.79 Å². The molecule has 0 aromatic heterocycles. The Morgan fingerprint density at radius 2 is 1.26 bits per heavy atom. The van der Waals surface area contributed by atoms with Crippen LogP contribution in [0.15, 0.2) is 0 Å². The molecular weight excluding hydrogens is 489 g/mol. The Labute approximate surface area is 247 Å². The van der Waals surface area contributed by atoms with Gasteiger partial charge >= 0.3 is 0 Å². The van der Waals surface area contributed by atoms with Crippen molar-refractivity contribution in [1.82, 2.24) is 16.0 Å². The Balaban J connectivity index is -0.000000268. The average molecular weight is 560 g/mol. The molecule has 2 radical (unpaired) electrons. The third-order valence-corrected chi connectivity index (χ3v) is 6.25. The van der Waals surface area contributed by atoms with Crippen molar-refractivity contribution in [3.8, 4) is 0 Å². The molecule has 6 heteroatoms. The molecule has 0 heterocycles. The number of carbonyl (C=O) groups is 1. The van der Waals surface area contributed by atoms with Gasteiger partial charge in [-0.05, 0) is 44.7 Å². The molecule has 0 aromatic carbocycles. The van der Waals surface area contributed by atoms with Gasteiger partial charge in [0.2, 0.25) is 5.91 Å². The summed E-state index contributed by atoms with van der Waals surface area (Å²) in [6, 6.07) is 0. The smallest absolute Gasteiger partial charge is 0.220 e. The average Bonchev–Trinajstić information content (AvgIpc) is 2.92. The van der Waals surface area contributed by atoms with Crippen LogP contribution < -0.4 is 16.0 Å². The van der Waals surface area contributed by atoms with Gasteiger partial charge in [-0.15, -0.1) is 11.6 Å². The number of hydrogen-bond acceptors (Lipinski definition) is 3. The van der Waals surface area contributed by atoms with E-state index in [1.807, 2.05) is 34.6 Å². The zero-order valence-corrected chi connectivity index (χ0v) is 28.0. The van der Waals surface area contributed by atoms with Crippen LogP contribution in [-0.2, 0) is 4.79 Å². The lowest BCUT2D eigenvalue weighted by Crippen LogP contribution is -2.29. The van der Waals surface area contributed by atoms with Gasteiger partial charge in [-0.2, -0.15) is 0 Å². The van der Waals surface area contributed by atoms with Crippen molar-refractivity contribution in [3.05, 3.63) is 0 Å². The molecule has 1 amide bonds. The van der Waals surface area contributed by atoms with Crippen molar-refractivity contribution < 1.29 is 4.79 Å². The maximum absolute atomic E-state index is 11.6. The predicted molar refractivity (Wildman–Crippen MR) is 177 cm³/mol. The second-order valence-corrected chi connectivity index (χ2v) is 9.84. The van der Waals surface area contributed by atoms with Gasteiger partial charge in [-0.25, -0.2) is 0 Å². The number of amides is 1. The molecule has 0 saturated heterocycles. The minimum atomic E-state index is 0.200. The molecule has 0 spiro atoms. The Hall–Kier alpha value is -0.255. The molecule has 1 fully saturated rings. The fourth-order valence-corrected chi connectivity index (χ4v) is 3.87. The summed E-state index contributed by atoms with van der Waals surface area (Å²) < 4.78 is 0. The SMILES string of the molecule is CC.CC.CCCCCCCNC(=O)CCCNCCNCCC.ClCCCCCCC1CCC1.[B]CC. The minimum absolute atomic E-state index is 0.200. The third kappa shape index (κ3) is 45.7. The topological polar surface area (TPSA) is 53.2 Å². The van der Waals surface area contributed by atoms with Gasteiger partial charge in [-0.1, -0.05) is 125 Å². The minimum Gasteiger partial charge on any atom is -0.356 e. The van der Waals surface area contributed by atoms with Crippen LogP contribution in [0.25, 0.3) is 0 Å². The Bertz CT molecular complexity index is 386. The van der Waals surface area contributed by atoms with Crippen LogP contribution >= 0.6 is 11.6 Å². The Morgan fingerprint density at radius 3 is 1.79 bits per heavy atom. The summed E-state index contributed by atoms with van der Waals surface area (Å²) in [4.78, 5) is 11.6. The van der Waals surface area contributed by atoms with E-state index >= 15 is 0 Å². The van der Waals surface area contributed by atoms with Crippen molar-refractivity contribution in [2.45, 2.75) is 158 Å². The van der Waals surface area contributed by atoms with Gasteiger partial charge in [0.05, 0.1) is 7.85 Å². The number of carbonyl (C=O) groups excluding carboxylic acids is 1. The third-order valence-electron chi connectivity index (χ3n) is 5.99. The van der Waals surface area contributed by atoms with Gasteiger partial charge in [0.1, 0.15) is 0 Å². The molecule has 0 bridgehead atoms. The van der Waals surface area contributed by atoms with Crippen LogP contribution in [0, 0.1) is 5.92 Å². The van der Waals surface area contributed by atoms with E-state index in [1.54, 1.807) is 0 Å². The second kappa shape index (κ2) is 46.6. The fourth-order valence-electron chi connectivity index (χ4n) is 3.68. The molecule has 1 aliphatic carbocycles. The van der Waals surface area contributed by atoms with Crippen LogP contribution in [0.5, 0.6) is 0 Å². The Morgan fingerprint density at radius 1 is 0.711 bits per heavy atom. The number of alkyl halides is 1. The van der Waals surface area contributed by atoms with E-state index in [-0.39, 0.29) is 5.91 Å². The van der Waals surface area contributed by atoms with Crippen molar-refractivity contribution in [2.24, 2.45) is 5.92 Å². The van der Waals surface area contributed by atoms with Gasteiger partial charge < -0.3 is 16.0 Å². The first-order valence-corrected chi connectivity index (χ1v) is 17.1. The molecule has 0 aliphatic heterocycles. The summed E-state index contributed by atoms with van der Waals surface area (Å²) in [5, 5.41) is 9.69. The van der Waals surface area contributed by atoms with Gasteiger partial charge in [0.25, 0.3) is 0 Å². The van der Waals surface area contributed by atoms with E-state index in [0.29, 0.717) is 6.42 Å². The van der Waals surface area contributed by atoms with Crippen LogP contribution in [0.3, 0.4) is 0 Å². The zero-order valence-electron chi connectivity index (χ0n) is 27.2.